The van der Waals surface area contributed by atoms with Gasteiger partial charge in [-0.3, -0.25) is 4.79 Å². The van der Waals surface area contributed by atoms with Crippen molar-refractivity contribution in [1.29, 1.82) is 0 Å². The maximum atomic E-state index is 11.7. The zero-order valence-electron chi connectivity index (χ0n) is 10.9. The quantitative estimate of drug-likeness (QED) is 0.778. The van der Waals surface area contributed by atoms with Crippen LogP contribution in [0.25, 0.3) is 0 Å². The van der Waals surface area contributed by atoms with E-state index in [0.29, 0.717) is 5.02 Å². The zero-order valence-corrected chi connectivity index (χ0v) is 14.1. The van der Waals surface area contributed by atoms with E-state index in [1.807, 2.05) is 6.07 Å². The van der Waals surface area contributed by atoms with Gasteiger partial charge in [-0.2, -0.15) is 0 Å². The summed E-state index contributed by atoms with van der Waals surface area (Å²) in [6, 6.07) is 4.48. The number of sulfone groups is 1. The molecule has 8 heteroatoms. The molecule has 1 aromatic carbocycles. The van der Waals surface area contributed by atoms with Crippen molar-refractivity contribution in [3.63, 3.8) is 0 Å². The minimum Gasteiger partial charge on any atom is -0.351 e. The third-order valence-electron chi connectivity index (χ3n) is 2.60. The first-order valence-corrected chi connectivity index (χ1v) is 9.07. The van der Waals surface area contributed by atoms with Crippen LogP contribution in [0.5, 0.6) is 0 Å². The van der Waals surface area contributed by atoms with Gasteiger partial charge in [0.1, 0.15) is 9.84 Å². The highest BCUT2D eigenvalue weighted by Gasteiger charge is 2.16. The Morgan fingerprint density at radius 2 is 2.15 bits per heavy atom. The molecule has 0 bridgehead atoms. The van der Waals surface area contributed by atoms with Gasteiger partial charge in [0, 0.05) is 22.3 Å². The number of amides is 1. The number of nitrogens with two attached hydrogens (primary N) is 1. The minimum absolute atomic E-state index is 0.0960. The highest BCUT2D eigenvalue weighted by Crippen LogP contribution is 2.21. The molecule has 1 atom stereocenters. The van der Waals surface area contributed by atoms with E-state index < -0.39 is 21.8 Å². The van der Waals surface area contributed by atoms with Gasteiger partial charge in [-0.15, -0.1) is 0 Å². The van der Waals surface area contributed by atoms with Crippen LogP contribution in [-0.4, -0.2) is 32.4 Å². The molecule has 0 spiro atoms. The molecule has 3 N–H and O–H groups in total. The van der Waals surface area contributed by atoms with Crippen molar-refractivity contribution in [2.75, 3.05) is 12.0 Å². The van der Waals surface area contributed by atoms with Gasteiger partial charge in [0.15, 0.2) is 0 Å². The first-order chi connectivity index (χ1) is 9.19. The second-order valence-corrected chi connectivity index (χ2v) is 8.06. The van der Waals surface area contributed by atoms with Gasteiger partial charge in [-0.05, 0) is 24.1 Å². The van der Waals surface area contributed by atoms with Gasteiger partial charge in [-0.1, -0.05) is 33.6 Å². The fourth-order valence-electron chi connectivity index (χ4n) is 1.45. The van der Waals surface area contributed by atoms with Gasteiger partial charge in [0.2, 0.25) is 5.91 Å². The van der Waals surface area contributed by atoms with Crippen molar-refractivity contribution in [3.8, 4) is 0 Å². The Hall–Kier alpha value is -0.630. The predicted octanol–water partition coefficient (Wildman–Crippen LogP) is 1.48. The smallest absolute Gasteiger partial charge is 0.237 e. The summed E-state index contributed by atoms with van der Waals surface area (Å²) in [6.45, 7) is 0.248. The van der Waals surface area contributed by atoms with Gasteiger partial charge < -0.3 is 11.1 Å². The molecule has 1 amide bonds. The van der Waals surface area contributed by atoms with Crippen LogP contribution in [0.4, 0.5) is 0 Å². The molecule has 0 radical (unpaired) electrons. The average molecular weight is 384 g/mol. The van der Waals surface area contributed by atoms with Crippen LogP contribution in [0, 0.1) is 0 Å². The number of carbonyl (C=O) groups excluding carboxylic acids is 1. The van der Waals surface area contributed by atoms with E-state index >= 15 is 0 Å². The van der Waals surface area contributed by atoms with E-state index in [-0.39, 0.29) is 18.7 Å². The third kappa shape index (κ3) is 6.21. The first kappa shape index (κ1) is 17.4. The lowest BCUT2D eigenvalue weighted by Gasteiger charge is -2.12. The summed E-state index contributed by atoms with van der Waals surface area (Å²) in [5, 5.41) is 3.17. The van der Waals surface area contributed by atoms with E-state index in [1.54, 1.807) is 12.1 Å². The largest absolute Gasteiger partial charge is 0.351 e. The standard InChI is InChI=1S/C12H16BrClN2O3S/c1-20(18,19)5-4-11(15)12(17)16-7-8-2-3-9(13)6-10(8)14/h2-3,6,11H,4-5,7,15H2,1H3,(H,16,17). The van der Waals surface area contributed by atoms with Crippen LogP contribution in [0.1, 0.15) is 12.0 Å². The summed E-state index contributed by atoms with van der Waals surface area (Å²) >= 11 is 9.31. The molecule has 0 aliphatic carbocycles. The maximum absolute atomic E-state index is 11.7. The SMILES string of the molecule is CS(=O)(=O)CCC(N)C(=O)NCc1ccc(Br)cc1Cl. The summed E-state index contributed by atoms with van der Waals surface area (Å²) in [7, 11) is -3.12. The van der Waals surface area contributed by atoms with Crippen molar-refractivity contribution >= 4 is 43.3 Å². The van der Waals surface area contributed by atoms with Crippen molar-refractivity contribution in [3.05, 3.63) is 33.3 Å². The van der Waals surface area contributed by atoms with E-state index in [2.05, 4.69) is 21.2 Å². The third-order valence-corrected chi connectivity index (χ3v) is 4.43. The lowest BCUT2D eigenvalue weighted by Crippen LogP contribution is -2.41. The van der Waals surface area contributed by atoms with Gasteiger partial charge >= 0.3 is 0 Å². The maximum Gasteiger partial charge on any atom is 0.237 e. The van der Waals surface area contributed by atoms with Crippen molar-refractivity contribution in [2.45, 2.75) is 19.0 Å². The molecule has 0 heterocycles. The topological polar surface area (TPSA) is 89.3 Å². The van der Waals surface area contributed by atoms with Gasteiger partial charge in [0.05, 0.1) is 11.8 Å². The van der Waals surface area contributed by atoms with Crippen molar-refractivity contribution in [1.82, 2.24) is 5.32 Å². The van der Waals surface area contributed by atoms with Crippen molar-refractivity contribution in [2.24, 2.45) is 5.73 Å². The molecule has 0 aromatic heterocycles. The Kier molecular flexibility index (Phi) is 6.44. The van der Waals surface area contributed by atoms with Gasteiger partial charge in [0.25, 0.3) is 0 Å². The summed E-state index contributed by atoms with van der Waals surface area (Å²) in [4.78, 5) is 11.7. The van der Waals surface area contributed by atoms with Crippen LogP contribution in [-0.2, 0) is 21.2 Å². The lowest BCUT2D eigenvalue weighted by atomic mass is 10.2. The number of nitrogens with one attached hydrogen (secondary N) is 1. The average Bonchev–Trinajstić information content (AvgIpc) is 2.33. The predicted molar refractivity (Wildman–Crippen MR) is 83.3 cm³/mol. The molecule has 0 saturated carbocycles. The highest BCUT2D eigenvalue weighted by atomic mass is 79.9. The number of hydrogen-bond acceptors (Lipinski definition) is 4. The Morgan fingerprint density at radius 3 is 2.70 bits per heavy atom. The van der Waals surface area contributed by atoms with E-state index in [1.165, 1.54) is 0 Å². The Balaban J connectivity index is 2.50. The van der Waals surface area contributed by atoms with Crippen molar-refractivity contribution < 1.29 is 13.2 Å². The number of halogens is 2. The summed E-state index contributed by atoms with van der Waals surface area (Å²) in [5.74, 6) is -0.506. The Morgan fingerprint density at radius 1 is 1.50 bits per heavy atom. The lowest BCUT2D eigenvalue weighted by molar-refractivity contribution is -0.122. The van der Waals surface area contributed by atoms with E-state index in [9.17, 15) is 13.2 Å². The second kappa shape index (κ2) is 7.40. The molecule has 0 fully saturated rings. The highest BCUT2D eigenvalue weighted by molar-refractivity contribution is 9.10. The second-order valence-electron chi connectivity index (χ2n) is 4.48. The minimum atomic E-state index is -3.12. The summed E-state index contributed by atoms with van der Waals surface area (Å²) in [5.41, 5.74) is 6.40. The van der Waals surface area contributed by atoms with Crippen LogP contribution in [0.2, 0.25) is 5.02 Å². The number of carbonyl (C=O) groups is 1. The molecule has 0 aliphatic heterocycles. The summed E-state index contributed by atoms with van der Waals surface area (Å²) in [6.07, 6.45) is 1.21. The van der Waals surface area contributed by atoms with E-state index in [0.717, 1.165) is 16.3 Å². The summed E-state index contributed by atoms with van der Waals surface area (Å²) < 4.78 is 22.9. The number of rotatable bonds is 6. The molecule has 1 aromatic rings. The molecule has 1 rings (SSSR count). The van der Waals surface area contributed by atoms with E-state index in [4.69, 9.17) is 17.3 Å². The normalized spacial score (nSPS) is 13.0. The molecular formula is C12H16BrClN2O3S. The molecule has 1 unspecified atom stereocenters. The van der Waals surface area contributed by atoms with Crippen LogP contribution < -0.4 is 11.1 Å². The molecular weight excluding hydrogens is 368 g/mol. The Bertz CT molecular complexity index is 592. The number of hydrogen-bond donors (Lipinski definition) is 2. The van der Waals surface area contributed by atoms with Crippen LogP contribution in [0.3, 0.4) is 0 Å². The fraction of sp³-hybridized carbons (Fsp3) is 0.417. The number of benzene rings is 1. The molecule has 0 aliphatic rings. The molecule has 5 nitrogen and oxygen atoms in total. The fourth-order valence-corrected chi connectivity index (χ4v) is 2.87. The zero-order chi connectivity index (χ0) is 15.3. The monoisotopic (exact) mass is 382 g/mol. The van der Waals surface area contributed by atoms with Crippen LogP contribution in [0.15, 0.2) is 22.7 Å². The first-order valence-electron chi connectivity index (χ1n) is 5.84. The van der Waals surface area contributed by atoms with Gasteiger partial charge in [-0.25, -0.2) is 8.42 Å². The molecule has 20 heavy (non-hydrogen) atoms. The molecule has 0 saturated heterocycles. The molecule has 112 valence electrons. The van der Waals surface area contributed by atoms with Crippen LogP contribution >= 0.6 is 27.5 Å². The Labute approximate surface area is 131 Å².